The Morgan fingerprint density at radius 1 is 1.47 bits per heavy atom. The summed E-state index contributed by atoms with van der Waals surface area (Å²) in [6.07, 6.45) is 4.70. The normalized spacial score (nSPS) is 14.3. The Hall–Kier alpha value is -1.84. The lowest BCUT2D eigenvalue weighted by atomic mass is 9.94. The smallest absolute Gasteiger partial charge is 0.307 e. The minimum Gasteiger partial charge on any atom is -0.481 e. The van der Waals surface area contributed by atoms with E-state index in [9.17, 15) is 9.59 Å². The summed E-state index contributed by atoms with van der Waals surface area (Å²) in [5.41, 5.74) is 2.39. The van der Waals surface area contributed by atoms with Crippen LogP contribution in [0.15, 0.2) is 22.6 Å². The Balaban J connectivity index is 2.37. The van der Waals surface area contributed by atoms with E-state index in [1.165, 1.54) is 6.07 Å². The van der Waals surface area contributed by atoms with Crippen molar-refractivity contribution in [3.05, 3.63) is 39.3 Å². The Bertz CT molecular complexity index is 485. The summed E-state index contributed by atoms with van der Waals surface area (Å²) >= 11 is 0. The summed E-state index contributed by atoms with van der Waals surface area (Å²) in [5.74, 6) is -0.831. The van der Waals surface area contributed by atoms with E-state index in [0.29, 0.717) is 12.8 Å². The van der Waals surface area contributed by atoms with Gasteiger partial charge in [0.05, 0.1) is 6.42 Å². The van der Waals surface area contributed by atoms with Crippen molar-refractivity contribution in [1.82, 2.24) is 4.98 Å². The maximum absolute atomic E-state index is 11.4. The van der Waals surface area contributed by atoms with E-state index >= 15 is 0 Å². The maximum atomic E-state index is 11.4. The quantitative estimate of drug-likeness (QED) is 0.761. The van der Waals surface area contributed by atoms with Gasteiger partial charge in [0, 0.05) is 23.5 Å². The van der Waals surface area contributed by atoms with Gasteiger partial charge in [-0.1, -0.05) is 5.57 Å². The third-order valence-corrected chi connectivity index (χ3v) is 2.52. The van der Waals surface area contributed by atoms with Crippen molar-refractivity contribution in [2.24, 2.45) is 0 Å². The Morgan fingerprint density at radius 2 is 2.27 bits per heavy atom. The SMILES string of the molecule is O=C(O)CC1=Cc2[nH]ccc(=O)c2CC1. The summed E-state index contributed by atoms with van der Waals surface area (Å²) in [7, 11) is 0. The number of pyridine rings is 1. The fourth-order valence-electron chi connectivity index (χ4n) is 1.81. The standard InChI is InChI=1S/C11H11NO3/c13-10-3-4-12-9-5-7(6-11(14)15)1-2-8(9)10/h3-5H,1-2,6H2,(H,12,13)(H,14,15). The number of carboxylic acids is 1. The van der Waals surface area contributed by atoms with Gasteiger partial charge in [-0.25, -0.2) is 0 Å². The molecule has 0 aromatic carbocycles. The fraction of sp³-hybridized carbons (Fsp3) is 0.273. The molecule has 4 heteroatoms. The van der Waals surface area contributed by atoms with E-state index in [1.54, 1.807) is 12.3 Å². The zero-order valence-corrected chi connectivity index (χ0v) is 8.12. The highest BCUT2D eigenvalue weighted by Crippen LogP contribution is 2.21. The van der Waals surface area contributed by atoms with E-state index < -0.39 is 5.97 Å². The molecule has 1 aromatic rings. The summed E-state index contributed by atoms with van der Waals surface area (Å²) in [6.45, 7) is 0. The van der Waals surface area contributed by atoms with E-state index in [4.69, 9.17) is 5.11 Å². The van der Waals surface area contributed by atoms with Crippen molar-refractivity contribution in [2.75, 3.05) is 0 Å². The predicted octanol–water partition coefficient (Wildman–Crippen LogP) is 1.18. The van der Waals surface area contributed by atoms with Crippen LogP contribution in [0.2, 0.25) is 0 Å². The van der Waals surface area contributed by atoms with Crippen LogP contribution in [-0.4, -0.2) is 16.1 Å². The molecule has 0 bridgehead atoms. The largest absolute Gasteiger partial charge is 0.481 e. The number of rotatable bonds is 2. The van der Waals surface area contributed by atoms with Gasteiger partial charge >= 0.3 is 5.97 Å². The monoisotopic (exact) mass is 205 g/mol. The minimum atomic E-state index is -0.831. The molecule has 0 aliphatic heterocycles. The molecular weight excluding hydrogens is 194 g/mol. The van der Waals surface area contributed by atoms with E-state index in [-0.39, 0.29) is 11.8 Å². The number of aromatic nitrogens is 1. The Morgan fingerprint density at radius 3 is 3.00 bits per heavy atom. The van der Waals surface area contributed by atoms with Crippen LogP contribution in [0.25, 0.3) is 6.08 Å². The second kappa shape index (κ2) is 3.73. The minimum absolute atomic E-state index is 0.0226. The van der Waals surface area contributed by atoms with Crippen LogP contribution in [0.3, 0.4) is 0 Å². The molecule has 1 heterocycles. The van der Waals surface area contributed by atoms with E-state index in [1.807, 2.05) is 0 Å². The maximum Gasteiger partial charge on any atom is 0.307 e. The van der Waals surface area contributed by atoms with Gasteiger partial charge in [-0.05, 0) is 18.9 Å². The van der Waals surface area contributed by atoms with Gasteiger partial charge in [0.2, 0.25) is 0 Å². The van der Waals surface area contributed by atoms with Gasteiger partial charge in [-0.15, -0.1) is 0 Å². The van der Waals surface area contributed by atoms with Gasteiger partial charge in [-0.3, -0.25) is 9.59 Å². The van der Waals surface area contributed by atoms with Gasteiger partial charge in [0.25, 0.3) is 0 Å². The molecule has 78 valence electrons. The van der Waals surface area contributed by atoms with E-state index in [0.717, 1.165) is 16.8 Å². The number of hydrogen-bond acceptors (Lipinski definition) is 2. The molecule has 0 unspecified atom stereocenters. The van der Waals surface area contributed by atoms with Gasteiger partial charge in [-0.2, -0.15) is 0 Å². The molecule has 1 aromatic heterocycles. The molecule has 0 spiro atoms. The van der Waals surface area contributed by atoms with Crippen molar-refractivity contribution in [3.8, 4) is 0 Å². The van der Waals surface area contributed by atoms with Crippen molar-refractivity contribution in [3.63, 3.8) is 0 Å². The number of hydrogen-bond donors (Lipinski definition) is 2. The molecule has 0 radical (unpaired) electrons. The average Bonchev–Trinajstić information content (AvgIpc) is 2.17. The third kappa shape index (κ3) is 1.98. The van der Waals surface area contributed by atoms with Crippen LogP contribution in [0.1, 0.15) is 24.1 Å². The van der Waals surface area contributed by atoms with E-state index in [2.05, 4.69) is 4.98 Å². The zero-order valence-electron chi connectivity index (χ0n) is 8.12. The number of aromatic amines is 1. The van der Waals surface area contributed by atoms with Crippen LogP contribution < -0.4 is 5.43 Å². The fourth-order valence-corrected chi connectivity index (χ4v) is 1.81. The summed E-state index contributed by atoms with van der Waals surface area (Å²) < 4.78 is 0. The van der Waals surface area contributed by atoms with Crippen molar-refractivity contribution >= 4 is 12.0 Å². The first-order chi connectivity index (χ1) is 7.16. The highest BCUT2D eigenvalue weighted by atomic mass is 16.4. The highest BCUT2D eigenvalue weighted by Gasteiger charge is 2.14. The average molecular weight is 205 g/mol. The van der Waals surface area contributed by atoms with Crippen LogP contribution in [0.5, 0.6) is 0 Å². The van der Waals surface area contributed by atoms with Crippen LogP contribution in [0.4, 0.5) is 0 Å². The second-order valence-corrected chi connectivity index (χ2v) is 3.61. The lowest BCUT2D eigenvalue weighted by molar-refractivity contribution is -0.136. The predicted molar refractivity (Wildman–Crippen MR) is 55.6 cm³/mol. The van der Waals surface area contributed by atoms with Crippen molar-refractivity contribution < 1.29 is 9.90 Å². The molecule has 4 nitrogen and oxygen atoms in total. The molecule has 0 saturated carbocycles. The van der Waals surface area contributed by atoms with Gasteiger partial charge in [0.15, 0.2) is 5.43 Å². The van der Waals surface area contributed by atoms with Gasteiger partial charge < -0.3 is 10.1 Å². The third-order valence-electron chi connectivity index (χ3n) is 2.52. The first-order valence-corrected chi connectivity index (χ1v) is 4.78. The van der Waals surface area contributed by atoms with Crippen LogP contribution in [0, 0.1) is 0 Å². The van der Waals surface area contributed by atoms with Crippen molar-refractivity contribution in [1.29, 1.82) is 0 Å². The number of nitrogens with one attached hydrogen (secondary N) is 1. The summed E-state index contributed by atoms with van der Waals surface area (Å²) in [6, 6.07) is 1.49. The number of fused-ring (bicyclic) bond motifs is 1. The number of carboxylic acid groups (broad SMARTS) is 1. The van der Waals surface area contributed by atoms with Gasteiger partial charge in [0.1, 0.15) is 0 Å². The molecule has 2 rings (SSSR count). The van der Waals surface area contributed by atoms with Crippen LogP contribution >= 0.6 is 0 Å². The lowest BCUT2D eigenvalue weighted by Gasteiger charge is -2.13. The molecule has 0 fully saturated rings. The molecule has 1 aliphatic carbocycles. The molecule has 0 saturated heterocycles. The number of H-pyrrole nitrogens is 1. The number of carbonyl (C=O) groups is 1. The molecule has 0 amide bonds. The highest BCUT2D eigenvalue weighted by molar-refractivity contribution is 5.73. The first-order valence-electron chi connectivity index (χ1n) is 4.78. The van der Waals surface area contributed by atoms with Crippen LogP contribution in [-0.2, 0) is 11.2 Å². The topological polar surface area (TPSA) is 70.2 Å². The second-order valence-electron chi connectivity index (χ2n) is 3.61. The number of aliphatic carboxylic acids is 1. The molecule has 2 N–H and O–H groups in total. The first kappa shape index (κ1) is 9.71. The summed E-state index contributed by atoms with van der Waals surface area (Å²) in [5, 5.41) is 8.66. The molecule has 1 aliphatic rings. The summed E-state index contributed by atoms with van der Waals surface area (Å²) in [4.78, 5) is 24.9. The molecular formula is C11H11NO3. The molecule has 15 heavy (non-hydrogen) atoms. The molecule has 0 atom stereocenters. The van der Waals surface area contributed by atoms with Crippen molar-refractivity contribution in [2.45, 2.75) is 19.3 Å². The zero-order chi connectivity index (χ0) is 10.8. The Labute approximate surface area is 86.3 Å². The lowest BCUT2D eigenvalue weighted by Crippen LogP contribution is -2.15. The Kier molecular flexibility index (Phi) is 2.41.